The first kappa shape index (κ1) is 11.1. The third-order valence-corrected chi connectivity index (χ3v) is 2.32. The Morgan fingerprint density at radius 1 is 1.41 bits per heavy atom. The predicted octanol–water partition coefficient (Wildman–Crippen LogP) is 1.63. The zero-order valence-electron chi connectivity index (χ0n) is 8.88. The van der Waals surface area contributed by atoms with E-state index in [2.05, 4.69) is 5.10 Å². The van der Waals surface area contributed by atoms with Crippen LogP contribution in [-0.2, 0) is 7.05 Å². The highest BCUT2D eigenvalue weighted by Gasteiger charge is 2.15. The Labute approximate surface area is 95.7 Å². The summed E-state index contributed by atoms with van der Waals surface area (Å²) in [5.74, 6) is -1.84. The average molecular weight is 236 g/mol. The van der Waals surface area contributed by atoms with Gasteiger partial charge < -0.3 is 10.2 Å². The highest BCUT2D eigenvalue weighted by Crippen LogP contribution is 2.26. The van der Waals surface area contributed by atoms with Gasteiger partial charge in [0.1, 0.15) is 11.6 Å². The topological polar surface area (TPSA) is 75.4 Å². The van der Waals surface area contributed by atoms with Crippen LogP contribution in [0.4, 0.5) is 4.39 Å². The fraction of sp³-hybridized carbons (Fsp3) is 0.0909. The Balaban J connectivity index is 2.60. The van der Waals surface area contributed by atoms with Crippen molar-refractivity contribution in [3.63, 3.8) is 0 Å². The van der Waals surface area contributed by atoms with Crippen molar-refractivity contribution in [3.05, 3.63) is 35.8 Å². The molecule has 2 rings (SSSR count). The summed E-state index contributed by atoms with van der Waals surface area (Å²) in [5, 5.41) is 21.8. The number of carbonyl (C=O) groups is 1. The van der Waals surface area contributed by atoms with Crippen molar-refractivity contribution < 1.29 is 19.4 Å². The molecule has 1 aromatic heterocycles. The molecule has 2 N–H and O–H groups in total. The van der Waals surface area contributed by atoms with E-state index >= 15 is 0 Å². The number of aromatic nitrogens is 2. The zero-order chi connectivity index (χ0) is 12.6. The van der Waals surface area contributed by atoms with Gasteiger partial charge in [0.05, 0.1) is 5.69 Å². The minimum Gasteiger partial charge on any atom is -0.508 e. The van der Waals surface area contributed by atoms with Gasteiger partial charge in [0.2, 0.25) is 0 Å². The molecule has 0 saturated carbocycles. The van der Waals surface area contributed by atoms with Crippen LogP contribution in [0.3, 0.4) is 0 Å². The van der Waals surface area contributed by atoms with Gasteiger partial charge in [-0.2, -0.15) is 5.10 Å². The largest absolute Gasteiger partial charge is 0.508 e. The molecule has 0 aliphatic rings. The van der Waals surface area contributed by atoms with E-state index in [1.807, 2.05) is 0 Å². The van der Waals surface area contributed by atoms with E-state index in [4.69, 9.17) is 5.11 Å². The fourth-order valence-corrected chi connectivity index (χ4v) is 1.53. The third kappa shape index (κ3) is 1.96. The maximum atomic E-state index is 13.5. The van der Waals surface area contributed by atoms with Crippen LogP contribution in [0.2, 0.25) is 0 Å². The molecular weight excluding hydrogens is 227 g/mol. The number of rotatable bonds is 2. The molecule has 5 nitrogen and oxygen atoms in total. The van der Waals surface area contributed by atoms with Crippen LogP contribution in [-0.4, -0.2) is 26.0 Å². The van der Waals surface area contributed by atoms with E-state index in [1.54, 1.807) is 0 Å². The van der Waals surface area contributed by atoms with Crippen LogP contribution in [0.5, 0.6) is 5.75 Å². The Morgan fingerprint density at radius 2 is 2.12 bits per heavy atom. The molecule has 0 atom stereocenters. The minimum atomic E-state index is -1.19. The second-order valence-electron chi connectivity index (χ2n) is 3.51. The number of aromatic carboxylic acids is 1. The summed E-state index contributed by atoms with van der Waals surface area (Å²) in [5.41, 5.74) is 0.216. The number of hydrogen-bond donors (Lipinski definition) is 2. The van der Waals surface area contributed by atoms with E-state index in [9.17, 15) is 14.3 Å². The Morgan fingerprint density at radius 3 is 2.71 bits per heavy atom. The number of carboxylic acids is 1. The molecule has 0 amide bonds. The van der Waals surface area contributed by atoms with Gasteiger partial charge in [0.15, 0.2) is 5.69 Å². The van der Waals surface area contributed by atoms with Crippen LogP contribution in [0.25, 0.3) is 11.3 Å². The molecular formula is C11H9FN2O3. The lowest BCUT2D eigenvalue weighted by Gasteiger charge is -2.03. The first-order valence-corrected chi connectivity index (χ1v) is 4.75. The van der Waals surface area contributed by atoms with Gasteiger partial charge in [0.25, 0.3) is 0 Å². The summed E-state index contributed by atoms with van der Waals surface area (Å²) in [7, 11) is 1.51. The van der Waals surface area contributed by atoms with Crippen molar-refractivity contribution in [3.8, 4) is 17.0 Å². The summed E-state index contributed by atoms with van der Waals surface area (Å²) in [4.78, 5) is 10.7. The number of benzene rings is 1. The monoisotopic (exact) mass is 236 g/mol. The van der Waals surface area contributed by atoms with Gasteiger partial charge in [-0.1, -0.05) is 0 Å². The quantitative estimate of drug-likeness (QED) is 0.830. The number of carboxylic acid groups (broad SMARTS) is 1. The molecule has 1 heterocycles. The molecule has 0 fully saturated rings. The Hall–Kier alpha value is -2.37. The van der Waals surface area contributed by atoms with Crippen LogP contribution in [0.1, 0.15) is 10.5 Å². The van der Waals surface area contributed by atoms with Crippen molar-refractivity contribution in [1.29, 1.82) is 0 Å². The summed E-state index contributed by atoms with van der Waals surface area (Å²) in [6.07, 6.45) is 0. The van der Waals surface area contributed by atoms with Gasteiger partial charge in [0, 0.05) is 12.6 Å². The molecule has 6 heteroatoms. The number of hydrogen-bond acceptors (Lipinski definition) is 3. The SMILES string of the molecule is Cn1nc(C(=O)O)cc1-c1cc(O)ccc1F. The normalized spacial score (nSPS) is 10.5. The molecule has 88 valence electrons. The highest BCUT2D eigenvalue weighted by atomic mass is 19.1. The van der Waals surface area contributed by atoms with Crippen molar-refractivity contribution in [2.75, 3.05) is 0 Å². The van der Waals surface area contributed by atoms with Crippen LogP contribution in [0.15, 0.2) is 24.3 Å². The number of halogens is 1. The van der Waals surface area contributed by atoms with E-state index in [-0.39, 0.29) is 22.7 Å². The van der Waals surface area contributed by atoms with Crippen molar-refractivity contribution in [2.24, 2.45) is 7.05 Å². The number of aryl methyl sites for hydroxylation is 1. The highest BCUT2D eigenvalue weighted by molar-refractivity contribution is 5.87. The molecule has 1 aromatic carbocycles. The fourth-order valence-electron chi connectivity index (χ4n) is 1.53. The van der Waals surface area contributed by atoms with Gasteiger partial charge in [-0.25, -0.2) is 9.18 Å². The van der Waals surface area contributed by atoms with Gasteiger partial charge >= 0.3 is 5.97 Å². The van der Waals surface area contributed by atoms with E-state index in [0.29, 0.717) is 0 Å². The third-order valence-electron chi connectivity index (χ3n) is 2.32. The Kier molecular flexibility index (Phi) is 2.55. The second kappa shape index (κ2) is 3.89. The molecule has 17 heavy (non-hydrogen) atoms. The van der Waals surface area contributed by atoms with Crippen molar-refractivity contribution in [2.45, 2.75) is 0 Å². The molecule has 0 radical (unpaired) electrons. The number of phenolic OH excluding ortho intramolecular Hbond substituents is 1. The Bertz CT molecular complexity index is 592. The smallest absolute Gasteiger partial charge is 0.356 e. The lowest BCUT2D eigenvalue weighted by atomic mass is 10.1. The van der Waals surface area contributed by atoms with Crippen LogP contribution < -0.4 is 0 Å². The summed E-state index contributed by atoms with van der Waals surface area (Å²) in [6.45, 7) is 0. The van der Waals surface area contributed by atoms with Crippen LogP contribution in [0, 0.1) is 5.82 Å². The van der Waals surface area contributed by atoms with E-state index in [0.717, 1.165) is 6.07 Å². The van der Waals surface area contributed by atoms with Crippen LogP contribution >= 0.6 is 0 Å². The predicted molar refractivity (Wildman–Crippen MR) is 57.2 cm³/mol. The van der Waals surface area contributed by atoms with Gasteiger partial charge in [-0.05, 0) is 24.3 Å². The van der Waals surface area contributed by atoms with Crippen molar-refractivity contribution >= 4 is 5.97 Å². The summed E-state index contributed by atoms with van der Waals surface area (Å²) < 4.78 is 14.8. The first-order chi connectivity index (χ1) is 7.99. The molecule has 0 spiro atoms. The van der Waals surface area contributed by atoms with Gasteiger partial charge in [-0.15, -0.1) is 0 Å². The standard InChI is InChI=1S/C11H9FN2O3/c1-14-10(5-9(13-14)11(16)17)7-4-6(15)2-3-8(7)12/h2-5,15H,1H3,(H,16,17). The molecule has 0 bridgehead atoms. The second-order valence-corrected chi connectivity index (χ2v) is 3.51. The molecule has 0 unspecified atom stereocenters. The number of phenols is 1. The minimum absolute atomic E-state index is 0.0977. The lowest BCUT2D eigenvalue weighted by molar-refractivity contribution is 0.0689. The number of nitrogens with zero attached hydrogens (tertiary/aromatic N) is 2. The lowest BCUT2D eigenvalue weighted by Crippen LogP contribution is -1.99. The zero-order valence-corrected chi connectivity index (χ0v) is 8.88. The van der Waals surface area contributed by atoms with Crippen molar-refractivity contribution in [1.82, 2.24) is 9.78 Å². The molecule has 0 saturated heterocycles. The molecule has 0 aliphatic carbocycles. The van der Waals surface area contributed by atoms with Gasteiger partial charge in [-0.3, -0.25) is 4.68 Å². The average Bonchev–Trinajstić information content (AvgIpc) is 2.64. The van der Waals surface area contributed by atoms with E-state index < -0.39 is 11.8 Å². The first-order valence-electron chi connectivity index (χ1n) is 4.75. The van der Waals surface area contributed by atoms with E-state index in [1.165, 1.54) is 29.9 Å². The molecule has 2 aromatic rings. The maximum absolute atomic E-state index is 13.5. The molecule has 0 aliphatic heterocycles. The summed E-state index contributed by atoms with van der Waals surface area (Å²) >= 11 is 0. The maximum Gasteiger partial charge on any atom is 0.356 e. The number of aromatic hydroxyl groups is 1. The summed E-state index contributed by atoms with van der Waals surface area (Å²) in [6, 6.07) is 4.80.